The van der Waals surface area contributed by atoms with Gasteiger partial charge in [-0.05, 0) is 48.5 Å². The van der Waals surface area contributed by atoms with E-state index in [0.717, 1.165) is 4.90 Å². The minimum absolute atomic E-state index is 0.245. The van der Waals surface area contributed by atoms with E-state index in [-0.39, 0.29) is 10.9 Å². The molecule has 0 saturated carbocycles. The third-order valence-electron chi connectivity index (χ3n) is 6.45. The molecule has 292 valence electrons. The van der Waals surface area contributed by atoms with Gasteiger partial charge in [-0.2, -0.15) is 74.6 Å². The quantitative estimate of drug-likeness (QED) is 0.110. The standard InChI is InChI=1S/C19H17O2S2.C8HF17O3S/c1-23(20,21)19-14-12-18(13-15-19)22(16-8-4-2-5-9-16)17-10-6-3-7-11-17;9-1(10,3(13,14)5(17,18)7(21,22)23)2(11,12)4(15,16)6(19,20)8(24,25)29(26,27)28/h2-15H,1H3;(H,26,27,28)/q+1;/p-1. The zero-order chi connectivity index (χ0) is 40.8. The van der Waals surface area contributed by atoms with Gasteiger partial charge in [-0.3, -0.25) is 0 Å². The Balaban J connectivity index is 0.000000367. The number of alkyl halides is 17. The van der Waals surface area contributed by atoms with E-state index in [1.54, 1.807) is 12.1 Å². The molecule has 0 saturated heterocycles. The van der Waals surface area contributed by atoms with Crippen molar-refractivity contribution in [3.05, 3.63) is 84.9 Å². The van der Waals surface area contributed by atoms with Crippen molar-refractivity contribution < 1.29 is 96.0 Å². The van der Waals surface area contributed by atoms with Crippen molar-refractivity contribution in [3.63, 3.8) is 0 Å². The van der Waals surface area contributed by atoms with Gasteiger partial charge in [0.15, 0.2) is 34.6 Å². The molecule has 3 rings (SSSR count). The van der Waals surface area contributed by atoms with Gasteiger partial charge in [0.25, 0.3) is 0 Å². The largest absolute Gasteiger partial charge is 0.743 e. The normalized spacial score (nSPS) is 14.5. The molecule has 0 aliphatic carbocycles. The lowest BCUT2D eigenvalue weighted by Gasteiger charge is -2.42. The molecule has 0 atom stereocenters. The van der Waals surface area contributed by atoms with Crippen molar-refractivity contribution in [1.29, 1.82) is 0 Å². The summed E-state index contributed by atoms with van der Waals surface area (Å²) in [7, 11) is -11.6. The Morgan fingerprint density at radius 3 is 1.02 bits per heavy atom. The van der Waals surface area contributed by atoms with Crippen LogP contribution >= 0.6 is 0 Å². The number of hydrogen-bond acceptors (Lipinski definition) is 5. The Hall–Kier alpha value is -3.32. The molecular weight excluding hydrogens is 823 g/mol. The van der Waals surface area contributed by atoms with Crippen LogP contribution in [0.25, 0.3) is 0 Å². The Bertz CT molecular complexity index is 1860. The first kappa shape index (κ1) is 44.8. The Labute approximate surface area is 284 Å². The van der Waals surface area contributed by atoms with Gasteiger partial charge < -0.3 is 4.55 Å². The second-order valence-corrected chi connectivity index (χ2v) is 15.6. The summed E-state index contributed by atoms with van der Waals surface area (Å²) in [5, 5.41) is -7.95. The van der Waals surface area contributed by atoms with Gasteiger partial charge in [0.05, 0.1) is 15.8 Å². The number of halogens is 17. The van der Waals surface area contributed by atoms with Crippen molar-refractivity contribution in [1.82, 2.24) is 0 Å². The highest BCUT2D eigenvalue weighted by atomic mass is 32.2. The van der Waals surface area contributed by atoms with Crippen molar-refractivity contribution in [2.24, 2.45) is 0 Å². The topological polar surface area (TPSA) is 91.3 Å². The van der Waals surface area contributed by atoms with Crippen molar-refractivity contribution in [3.8, 4) is 0 Å². The van der Waals surface area contributed by atoms with Gasteiger partial charge in [0.2, 0.25) is 0 Å². The van der Waals surface area contributed by atoms with Crippen LogP contribution in [0, 0.1) is 0 Å². The maximum Gasteiger partial charge on any atom is 0.460 e. The predicted octanol–water partition coefficient (Wildman–Crippen LogP) is 8.68. The molecule has 25 heteroatoms. The molecule has 3 aromatic carbocycles. The third kappa shape index (κ3) is 7.67. The maximum absolute atomic E-state index is 13.0. The number of rotatable bonds is 11. The molecule has 0 spiro atoms. The fourth-order valence-electron chi connectivity index (χ4n) is 3.65. The van der Waals surface area contributed by atoms with Crippen LogP contribution < -0.4 is 0 Å². The van der Waals surface area contributed by atoms with Gasteiger partial charge in [-0.1, -0.05) is 36.4 Å². The van der Waals surface area contributed by atoms with E-state index >= 15 is 0 Å². The number of hydrogen-bond donors (Lipinski definition) is 0. The molecule has 0 amide bonds. The fourth-order valence-corrected chi connectivity index (χ4v) is 6.81. The van der Waals surface area contributed by atoms with E-state index in [9.17, 15) is 96.0 Å². The second-order valence-electron chi connectivity index (χ2n) is 10.1. The Kier molecular flexibility index (Phi) is 12.2. The van der Waals surface area contributed by atoms with Crippen LogP contribution in [0.4, 0.5) is 74.6 Å². The molecule has 0 aliphatic rings. The van der Waals surface area contributed by atoms with Gasteiger partial charge in [0, 0.05) is 6.26 Å². The molecule has 0 aliphatic heterocycles. The molecule has 52 heavy (non-hydrogen) atoms. The second kappa shape index (κ2) is 14.2. The third-order valence-corrected chi connectivity index (χ3v) is 10.7. The summed E-state index contributed by atoms with van der Waals surface area (Å²) in [5.74, 6) is -52.1. The van der Waals surface area contributed by atoms with Gasteiger partial charge in [-0.15, -0.1) is 0 Å². The van der Waals surface area contributed by atoms with Crippen LogP contribution in [0.3, 0.4) is 0 Å². The van der Waals surface area contributed by atoms with Crippen LogP contribution in [0.15, 0.2) is 105 Å². The SMILES string of the molecule is CS(=O)(=O)c1ccc([S+](c2ccccc2)c2ccccc2)cc1.O=S(=O)([O-])C(F)(F)C(F)(F)C(F)(F)C(F)(F)C(F)(F)C(F)(F)C(F)(F)C(F)(F)F. The molecule has 0 N–H and O–H groups in total. The molecule has 0 fully saturated rings. The molecular formula is C27H17F17O5S3. The number of benzene rings is 3. The average Bonchev–Trinajstić information content (AvgIpc) is 3.00. The van der Waals surface area contributed by atoms with E-state index in [0.29, 0.717) is 4.90 Å². The van der Waals surface area contributed by atoms with Crippen LogP contribution in [0.1, 0.15) is 0 Å². The highest BCUT2D eigenvalue weighted by Crippen LogP contribution is 2.64. The first-order valence-electron chi connectivity index (χ1n) is 12.9. The summed E-state index contributed by atoms with van der Waals surface area (Å²) >= 11 is 0. The van der Waals surface area contributed by atoms with Gasteiger partial charge >= 0.3 is 47.0 Å². The van der Waals surface area contributed by atoms with Gasteiger partial charge in [0.1, 0.15) is 0 Å². The molecule has 0 heterocycles. The van der Waals surface area contributed by atoms with E-state index in [1.165, 1.54) is 16.0 Å². The van der Waals surface area contributed by atoms with Gasteiger partial charge in [-0.25, -0.2) is 16.8 Å². The zero-order valence-corrected chi connectivity index (χ0v) is 27.2. The Morgan fingerprint density at radius 1 is 0.442 bits per heavy atom. The summed E-state index contributed by atoms with van der Waals surface area (Å²) in [4.78, 5) is 3.89. The molecule has 0 aromatic heterocycles. The van der Waals surface area contributed by atoms with Crippen LogP contribution in [-0.4, -0.2) is 74.6 Å². The maximum atomic E-state index is 13.0. The molecule has 0 bridgehead atoms. The molecule has 0 unspecified atom stereocenters. The summed E-state index contributed by atoms with van der Waals surface area (Å²) in [5.41, 5.74) is 0. The first-order chi connectivity index (χ1) is 23.1. The first-order valence-corrected chi connectivity index (χ1v) is 17.4. The molecule has 3 aromatic rings. The van der Waals surface area contributed by atoms with Crippen molar-refractivity contribution >= 4 is 30.9 Å². The summed E-state index contributed by atoms with van der Waals surface area (Å²) in [6.07, 6.45) is -6.66. The zero-order valence-electron chi connectivity index (χ0n) is 24.8. The van der Waals surface area contributed by atoms with Crippen LogP contribution in [0.2, 0.25) is 0 Å². The predicted molar refractivity (Wildman–Crippen MR) is 145 cm³/mol. The van der Waals surface area contributed by atoms with Crippen molar-refractivity contribution in [2.75, 3.05) is 6.26 Å². The minimum Gasteiger partial charge on any atom is -0.743 e. The van der Waals surface area contributed by atoms with Crippen LogP contribution in [0.5, 0.6) is 0 Å². The van der Waals surface area contributed by atoms with E-state index in [4.69, 9.17) is 0 Å². The highest BCUT2D eigenvalue weighted by Gasteiger charge is 2.95. The fraction of sp³-hybridized carbons (Fsp3) is 0.333. The lowest BCUT2D eigenvalue weighted by atomic mass is 9.91. The smallest absolute Gasteiger partial charge is 0.460 e. The van der Waals surface area contributed by atoms with Crippen molar-refractivity contribution in [2.45, 2.75) is 66.5 Å². The molecule has 0 radical (unpaired) electrons. The lowest BCUT2D eigenvalue weighted by Crippen LogP contribution is -2.75. The lowest BCUT2D eigenvalue weighted by molar-refractivity contribution is -0.458. The number of sulfone groups is 1. The summed E-state index contributed by atoms with van der Waals surface area (Å²) in [6.45, 7) is 0. The monoisotopic (exact) mass is 840 g/mol. The average molecular weight is 841 g/mol. The minimum atomic E-state index is -8.92. The van der Waals surface area contributed by atoms with Crippen LogP contribution in [-0.2, 0) is 30.9 Å². The highest BCUT2D eigenvalue weighted by molar-refractivity contribution is 7.97. The van der Waals surface area contributed by atoms with E-state index < -0.39 is 66.9 Å². The van der Waals surface area contributed by atoms with E-state index in [1.807, 2.05) is 48.5 Å². The summed E-state index contributed by atoms with van der Waals surface area (Å²) in [6, 6.07) is 27.8. The molecule has 5 nitrogen and oxygen atoms in total. The van der Waals surface area contributed by atoms with E-state index in [2.05, 4.69) is 24.3 Å². The Morgan fingerprint density at radius 2 is 0.731 bits per heavy atom. The summed E-state index contributed by atoms with van der Waals surface area (Å²) < 4.78 is 267.